The average molecular weight is 540 g/mol. The molecule has 0 radical (unpaired) electrons. The highest BCUT2D eigenvalue weighted by Gasteiger charge is 2.42. The van der Waals surface area contributed by atoms with Crippen LogP contribution in [0.3, 0.4) is 0 Å². The summed E-state index contributed by atoms with van der Waals surface area (Å²) in [6.45, 7) is 1.08. The molecule has 2 saturated carbocycles. The Morgan fingerprint density at radius 2 is 1.24 bits per heavy atom. The van der Waals surface area contributed by atoms with E-state index in [-0.39, 0.29) is 45.5 Å². The monoisotopic (exact) mass is 540 g/mol. The number of nitrogen functional groups attached to an aromatic ring is 2. The normalized spacial score (nSPS) is 18.4. The zero-order valence-corrected chi connectivity index (χ0v) is 21.1. The van der Waals surface area contributed by atoms with Crippen molar-refractivity contribution in [2.24, 2.45) is 10.8 Å². The molecule has 4 aromatic rings. The zero-order valence-electron chi connectivity index (χ0n) is 20.1. The van der Waals surface area contributed by atoms with E-state index in [9.17, 15) is 14.8 Å². The average Bonchev–Trinajstić information content (AvgIpc) is 3.72. The number of hydrogen-bond acceptors (Lipinski definition) is 13. The summed E-state index contributed by atoms with van der Waals surface area (Å²) in [7, 11) is -2.79. The molecule has 0 unspecified atom stereocenters. The predicted molar refractivity (Wildman–Crippen MR) is 136 cm³/mol. The molecule has 16 heteroatoms. The van der Waals surface area contributed by atoms with Crippen molar-refractivity contribution in [3.8, 4) is 11.8 Å². The van der Waals surface area contributed by atoms with Crippen molar-refractivity contribution < 1.29 is 23.8 Å². The maximum atomic E-state index is 12.3. The highest BCUT2D eigenvalue weighted by Crippen LogP contribution is 2.50. The molecule has 0 aliphatic heterocycles. The minimum Gasteiger partial charge on any atom is -0.492 e. The van der Waals surface area contributed by atoms with Gasteiger partial charge in [0.2, 0.25) is 23.7 Å². The lowest BCUT2D eigenvalue weighted by Crippen LogP contribution is -2.10. The molecule has 15 nitrogen and oxygen atoms in total. The van der Waals surface area contributed by atoms with Crippen molar-refractivity contribution >= 4 is 42.5 Å². The van der Waals surface area contributed by atoms with Gasteiger partial charge in [-0.1, -0.05) is 0 Å². The molecule has 0 bridgehead atoms. The van der Waals surface area contributed by atoms with E-state index in [2.05, 4.69) is 29.9 Å². The van der Waals surface area contributed by atoms with E-state index in [0.29, 0.717) is 24.4 Å². The summed E-state index contributed by atoms with van der Waals surface area (Å²) in [5, 5.41) is 19.8. The number of aromatic hydroxyl groups is 2. The fourth-order valence-corrected chi connectivity index (χ4v) is 4.79. The maximum absolute atomic E-state index is 12.3. The molecule has 0 atom stereocenters. The number of anilines is 2. The van der Waals surface area contributed by atoms with Gasteiger partial charge in [0.05, 0.1) is 25.2 Å². The van der Waals surface area contributed by atoms with Crippen molar-refractivity contribution in [1.82, 2.24) is 39.0 Å². The quantitative estimate of drug-likeness (QED) is 0.168. The Morgan fingerprint density at radius 1 is 0.816 bits per heavy atom. The van der Waals surface area contributed by atoms with Crippen molar-refractivity contribution in [3.63, 3.8) is 0 Å². The number of imidazole rings is 2. The minimum absolute atomic E-state index is 0.0337. The third-order valence-electron chi connectivity index (χ3n) is 6.85. The molecule has 0 spiro atoms. The number of rotatable bonds is 10. The standard InChI is InChI=1S/C22H25N10O5P/c23-19-27-15-13(17(33)29-19)25-11-31(15)9-21(1-2-21)5-7-36-38(35)37-8-6-22(3-4-22)10-32-12-26-14-16(32)28-20(24)30-18(14)34/h5-8,11-12,38H,1-4,9-10H2,(H3,23,27,29,33)(H3,24,28,30,34). The Labute approximate surface area is 215 Å². The van der Waals surface area contributed by atoms with Crippen LogP contribution in [0, 0.1) is 10.8 Å². The van der Waals surface area contributed by atoms with Gasteiger partial charge in [-0.25, -0.2) is 14.5 Å². The Morgan fingerprint density at radius 3 is 1.63 bits per heavy atom. The molecule has 0 aromatic carbocycles. The first-order valence-electron chi connectivity index (χ1n) is 11.8. The number of allylic oxidation sites excluding steroid dienone is 2. The first kappa shape index (κ1) is 24.0. The molecule has 0 amide bonds. The van der Waals surface area contributed by atoms with Crippen LogP contribution in [0.2, 0.25) is 0 Å². The van der Waals surface area contributed by atoms with Gasteiger partial charge in [0.25, 0.3) is 0 Å². The summed E-state index contributed by atoms with van der Waals surface area (Å²) in [4.78, 5) is 24.1. The Balaban J connectivity index is 1.04. The number of fused-ring (bicyclic) bond motifs is 2. The van der Waals surface area contributed by atoms with E-state index in [1.165, 1.54) is 12.5 Å². The van der Waals surface area contributed by atoms with Gasteiger partial charge in [0.15, 0.2) is 22.3 Å². The lowest BCUT2D eigenvalue weighted by atomic mass is 10.1. The van der Waals surface area contributed by atoms with Gasteiger partial charge in [-0.2, -0.15) is 19.9 Å². The van der Waals surface area contributed by atoms with Crippen LogP contribution >= 0.6 is 8.25 Å². The van der Waals surface area contributed by atoms with E-state index < -0.39 is 8.25 Å². The van der Waals surface area contributed by atoms with Crippen LogP contribution in [-0.4, -0.2) is 49.3 Å². The Hall–Kier alpha value is -4.39. The fraction of sp³-hybridized carbons (Fsp3) is 0.364. The first-order chi connectivity index (χ1) is 18.2. The first-order valence-corrected chi connectivity index (χ1v) is 13.0. The topological polar surface area (TPSA) is 215 Å². The minimum atomic E-state index is -2.79. The molecule has 4 heterocycles. The lowest BCUT2D eigenvalue weighted by molar-refractivity contribution is 0.349. The fourth-order valence-electron chi connectivity index (χ4n) is 4.37. The van der Waals surface area contributed by atoms with Gasteiger partial charge in [0, 0.05) is 23.9 Å². The van der Waals surface area contributed by atoms with Crippen LogP contribution in [0.4, 0.5) is 11.9 Å². The second-order valence-electron chi connectivity index (χ2n) is 9.72. The van der Waals surface area contributed by atoms with Gasteiger partial charge in [-0.15, -0.1) is 0 Å². The van der Waals surface area contributed by atoms with Crippen LogP contribution in [0.1, 0.15) is 25.7 Å². The van der Waals surface area contributed by atoms with Gasteiger partial charge in [0.1, 0.15) is 0 Å². The summed E-state index contributed by atoms with van der Waals surface area (Å²) < 4.78 is 26.5. The molecule has 2 aliphatic rings. The summed E-state index contributed by atoms with van der Waals surface area (Å²) in [5.74, 6) is -0.589. The second-order valence-corrected chi connectivity index (χ2v) is 10.7. The van der Waals surface area contributed by atoms with Gasteiger partial charge >= 0.3 is 8.25 Å². The number of nitrogens with zero attached hydrogens (tertiary/aromatic N) is 8. The van der Waals surface area contributed by atoms with E-state index >= 15 is 0 Å². The molecular weight excluding hydrogens is 515 g/mol. The number of nitrogens with two attached hydrogens (primary N) is 2. The summed E-state index contributed by atoms with van der Waals surface area (Å²) in [6.07, 6.45) is 13.3. The third kappa shape index (κ3) is 4.67. The molecular formula is C22H25N10O5P. The Bertz CT molecular complexity index is 1500. The van der Waals surface area contributed by atoms with Crippen LogP contribution in [0.5, 0.6) is 11.8 Å². The van der Waals surface area contributed by atoms with Crippen LogP contribution in [0.25, 0.3) is 22.3 Å². The lowest BCUT2D eigenvalue weighted by Gasteiger charge is -2.12. The van der Waals surface area contributed by atoms with Crippen molar-refractivity contribution in [1.29, 1.82) is 0 Å². The van der Waals surface area contributed by atoms with Gasteiger partial charge in [-0.05, 0) is 37.8 Å². The van der Waals surface area contributed by atoms with Crippen LogP contribution in [-0.2, 0) is 26.7 Å². The van der Waals surface area contributed by atoms with Crippen LogP contribution in [0.15, 0.2) is 37.3 Å². The zero-order chi connectivity index (χ0) is 26.5. The maximum Gasteiger partial charge on any atom is 0.417 e. The summed E-state index contributed by atoms with van der Waals surface area (Å²) in [6, 6.07) is 0. The van der Waals surface area contributed by atoms with Crippen LogP contribution < -0.4 is 11.5 Å². The summed E-state index contributed by atoms with van der Waals surface area (Å²) >= 11 is 0. The van der Waals surface area contributed by atoms with Gasteiger partial charge < -0.3 is 39.9 Å². The molecule has 0 saturated heterocycles. The predicted octanol–water partition coefficient (Wildman–Crippen LogP) is 2.25. The van der Waals surface area contributed by atoms with E-state index in [1.54, 1.807) is 21.8 Å². The highest BCUT2D eigenvalue weighted by atomic mass is 31.1. The van der Waals surface area contributed by atoms with Crippen molar-refractivity contribution in [3.05, 3.63) is 37.3 Å². The Kier molecular flexibility index (Phi) is 5.60. The molecule has 6 rings (SSSR count). The van der Waals surface area contributed by atoms with E-state index in [1.807, 2.05) is 12.2 Å². The number of aromatic nitrogens is 8. The van der Waals surface area contributed by atoms with E-state index in [4.69, 9.17) is 20.5 Å². The highest BCUT2D eigenvalue weighted by molar-refractivity contribution is 7.33. The van der Waals surface area contributed by atoms with Crippen molar-refractivity contribution in [2.75, 3.05) is 11.5 Å². The summed E-state index contributed by atoms with van der Waals surface area (Å²) in [5.41, 5.74) is 12.4. The van der Waals surface area contributed by atoms with Crippen molar-refractivity contribution in [2.45, 2.75) is 38.8 Å². The SMILES string of the molecule is Nc1nc(O)c2ncn(CC3(C=CO[PH](=O)OC=CC4(Cn5cnc6c(O)nc(N)nc65)CC4)CC3)c2n1. The largest absolute Gasteiger partial charge is 0.492 e. The molecule has 198 valence electrons. The molecule has 6 N–H and O–H groups in total. The molecule has 2 aliphatic carbocycles. The van der Waals surface area contributed by atoms with E-state index in [0.717, 1.165) is 25.7 Å². The smallest absolute Gasteiger partial charge is 0.417 e. The molecule has 2 fully saturated rings. The second kappa shape index (κ2) is 8.87. The number of hydrogen-bond donors (Lipinski definition) is 4. The molecule has 38 heavy (non-hydrogen) atoms. The third-order valence-corrected chi connectivity index (χ3v) is 7.51. The molecule has 4 aromatic heterocycles. The van der Waals surface area contributed by atoms with Gasteiger partial charge in [-0.3, -0.25) is 0 Å².